The van der Waals surface area contributed by atoms with Crippen molar-refractivity contribution in [1.29, 1.82) is 0 Å². The molecular formula is C12H23NO. The summed E-state index contributed by atoms with van der Waals surface area (Å²) < 4.78 is 0. The molecule has 0 saturated carbocycles. The Labute approximate surface area is 87.9 Å². The lowest BCUT2D eigenvalue weighted by molar-refractivity contribution is 0.171. The zero-order valence-corrected chi connectivity index (χ0v) is 9.88. The first-order chi connectivity index (χ1) is 6.47. The SMILES string of the molecule is C=C(/C=C(/C)N(C)CC[C@H](C)O)CC. The topological polar surface area (TPSA) is 23.5 Å². The normalized spacial score (nSPS) is 13.9. The molecule has 0 aliphatic carbocycles. The number of hydrogen-bond donors (Lipinski definition) is 1. The second-order valence-corrected chi connectivity index (χ2v) is 3.86. The van der Waals surface area contributed by atoms with Crippen LogP contribution in [0.25, 0.3) is 0 Å². The number of allylic oxidation sites excluding steroid dienone is 3. The van der Waals surface area contributed by atoms with Crippen LogP contribution >= 0.6 is 0 Å². The van der Waals surface area contributed by atoms with Gasteiger partial charge in [0, 0.05) is 19.3 Å². The van der Waals surface area contributed by atoms with Crippen LogP contribution in [0, 0.1) is 0 Å². The van der Waals surface area contributed by atoms with Gasteiger partial charge in [0.1, 0.15) is 0 Å². The van der Waals surface area contributed by atoms with Gasteiger partial charge in [-0.25, -0.2) is 0 Å². The number of nitrogens with zero attached hydrogens (tertiary/aromatic N) is 1. The van der Waals surface area contributed by atoms with E-state index in [0.717, 1.165) is 25.0 Å². The number of aliphatic hydroxyl groups is 1. The molecule has 0 aliphatic rings. The minimum atomic E-state index is -0.223. The Balaban J connectivity index is 4.04. The molecule has 0 rings (SSSR count). The quantitative estimate of drug-likeness (QED) is 0.661. The number of rotatable bonds is 6. The maximum absolute atomic E-state index is 9.15. The molecule has 0 aromatic rings. The molecule has 1 atom stereocenters. The first-order valence-electron chi connectivity index (χ1n) is 5.22. The summed E-state index contributed by atoms with van der Waals surface area (Å²) in [6.45, 7) is 10.8. The summed E-state index contributed by atoms with van der Waals surface area (Å²) in [5.41, 5.74) is 2.35. The van der Waals surface area contributed by atoms with Crippen molar-refractivity contribution < 1.29 is 5.11 Å². The zero-order chi connectivity index (χ0) is 11.1. The van der Waals surface area contributed by atoms with E-state index in [9.17, 15) is 0 Å². The maximum Gasteiger partial charge on any atom is 0.0528 e. The Morgan fingerprint density at radius 1 is 1.57 bits per heavy atom. The van der Waals surface area contributed by atoms with Crippen molar-refractivity contribution in [2.24, 2.45) is 0 Å². The Hall–Kier alpha value is -0.760. The van der Waals surface area contributed by atoms with Gasteiger partial charge < -0.3 is 10.0 Å². The van der Waals surface area contributed by atoms with E-state index in [1.54, 1.807) is 0 Å². The minimum absolute atomic E-state index is 0.223. The highest BCUT2D eigenvalue weighted by atomic mass is 16.3. The fourth-order valence-electron chi connectivity index (χ4n) is 1.06. The summed E-state index contributed by atoms with van der Waals surface area (Å²) in [7, 11) is 2.04. The number of aliphatic hydroxyl groups excluding tert-OH is 1. The zero-order valence-electron chi connectivity index (χ0n) is 9.88. The van der Waals surface area contributed by atoms with Gasteiger partial charge in [-0.3, -0.25) is 0 Å². The molecular weight excluding hydrogens is 174 g/mol. The third kappa shape index (κ3) is 5.81. The first-order valence-corrected chi connectivity index (χ1v) is 5.22. The van der Waals surface area contributed by atoms with Crippen molar-refractivity contribution in [2.75, 3.05) is 13.6 Å². The van der Waals surface area contributed by atoms with Gasteiger partial charge in [0.25, 0.3) is 0 Å². The van der Waals surface area contributed by atoms with E-state index < -0.39 is 0 Å². The fourth-order valence-corrected chi connectivity index (χ4v) is 1.06. The smallest absolute Gasteiger partial charge is 0.0528 e. The highest BCUT2D eigenvalue weighted by molar-refractivity contribution is 5.18. The van der Waals surface area contributed by atoms with Gasteiger partial charge in [0.2, 0.25) is 0 Å². The van der Waals surface area contributed by atoms with Gasteiger partial charge in [-0.05, 0) is 32.8 Å². The average Bonchev–Trinajstić information content (AvgIpc) is 2.13. The Morgan fingerprint density at radius 3 is 2.57 bits per heavy atom. The Kier molecular flexibility index (Phi) is 6.30. The highest BCUT2D eigenvalue weighted by Gasteiger charge is 2.01. The lowest BCUT2D eigenvalue weighted by Gasteiger charge is -2.20. The van der Waals surface area contributed by atoms with E-state index >= 15 is 0 Å². The number of hydrogen-bond acceptors (Lipinski definition) is 2. The van der Waals surface area contributed by atoms with Gasteiger partial charge in [-0.15, -0.1) is 0 Å². The summed E-state index contributed by atoms with van der Waals surface area (Å²) >= 11 is 0. The van der Waals surface area contributed by atoms with Crippen LogP contribution in [0.2, 0.25) is 0 Å². The molecule has 1 N–H and O–H groups in total. The summed E-state index contributed by atoms with van der Waals surface area (Å²) in [6, 6.07) is 0. The molecule has 0 radical (unpaired) electrons. The molecule has 0 aromatic heterocycles. The van der Waals surface area contributed by atoms with E-state index in [1.807, 2.05) is 14.0 Å². The standard InChI is InChI=1S/C12H23NO/c1-6-10(2)9-11(3)13(5)8-7-12(4)14/h9,12,14H,2,6-8H2,1,3-5H3/b11-9-/t12-/m0/s1. The molecule has 2 nitrogen and oxygen atoms in total. The van der Waals surface area contributed by atoms with Gasteiger partial charge in [-0.2, -0.15) is 0 Å². The molecule has 0 fully saturated rings. The van der Waals surface area contributed by atoms with Crippen molar-refractivity contribution in [1.82, 2.24) is 4.90 Å². The molecule has 0 aromatic carbocycles. The van der Waals surface area contributed by atoms with Crippen LogP contribution in [0.4, 0.5) is 0 Å². The van der Waals surface area contributed by atoms with Crippen molar-refractivity contribution in [3.05, 3.63) is 23.9 Å². The van der Waals surface area contributed by atoms with E-state index in [4.69, 9.17) is 5.11 Å². The molecule has 14 heavy (non-hydrogen) atoms. The lowest BCUT2D eigenvalue weighted by Crippen LogP contribution is -2.20. The highest BCUT2D eigenvalue weighted by Crippen LogP contribution is 2.08. The van der Waals surface area contributed by atoms with Crippen LogP contribution in [-0.4, -0.2) is 29.7 Å². The van der Waals surface area contributed by atoms with Gasteiger partial charge in [0.15, 0.2) is 0 Å². The van der Waals surface area contributed by atoms with Gasteiger partial charge >= 0.3 is 0 Å². The third-order valence-corrected chi connectivity index (χ3v) is 2.35. The van der Waals surface area contributed by atoms with E-state index in [-0.39, 0.29) is 6.10 Å². The monoisotopic (exact) mass is 197 g/mol. The third-order valence-electron chi connectivity index (χ3n) is 2.35. The van der Waals surface area contributed by atoms with Crippen molar-refractivity contribution in [2.45, 2.75) is 39.7 Å². The molecule has 0 spiro atoms. The molecule has 0 amide bonds. The molecule has 82 valence electrons. The molecule has 0 aliphatic heterocycles. The van der Waals surface area contributed by atoms with Gasteiger partial charge in [-0.1, -0.05) is 19.1 Å². The predicted molar refractivity (Wildman–Crippen MR) is 62.1 cm³/mol. The Morgan fingerprint density at radius 2 is 2.14 bits per heavy atom. The van der Waals surface area contributed by atoms with E-state index in [1.165, 1.54) is 5.70 Å². The van der Waals surface area contributed by atoms with Crippen LogP contribution in [0.15, 0.2) is 23.9 Å². The molecule has 0 heterocycles. The van der Waals surface area contributed by atoms with Crippen LogP contribution in [0.3, 0.4) is 0 Å². The van der Waals surface area contributed by atoms with Crippen LogP contribution < -0.4 is 0 Å². The second kappa shape index (κ2) is 6.66. The van der Waals surface area contributed by atoms with Crippen LogP contribution in [0.5, 0.6) is 0 Å². The molecule has 2 heteroatoms. The minimum Gasteiger partial charge on any atom is -0.393 e. The summed E-state index contributed by atoms with van der Waals surface area (Å²) in [6.07, 6.45) is 3.67. The summed E-state index contributed by atoms with van der Waals surface area (Å²) in [5.74, 6) is 0. The maximum atomic E-state index is 9.15. The average molecular weight is 197 g/mol. The first kappa shape index (κ1) is 13.2. The molecule has 0 bridgehead atoms. The summed E-state index contributed by atoms with van der Waals surface area (Å²) in [4.78, 5) is 2.15. The van der Waals surface area contributed by atoms with Crippen molar-refractivity contribution in [3.63, 3.8) is 0 Å². The van der Waals surface area contributed by atoms with Crippen molar-refractivity contribution >= 4 is 0 Å². The predicted octanol–water partition coefficient (Wildman–Crippen LogP) is 2.56. The van der Waals surface area contributed by atoms with Crippen molar-refractivity contribution in [3.8, 4) is 0 Å². The van der Waals surface area contributed by atoms with Crippen LogP contribution in [-0.2, 0) is 0 Å². The van der Waals surface area contributed by atoms with Crippen LogP contribution in [0.1, 0.15) is 33.6 Å². The van der Waals surface area contributed by atoms with E-state index in [2.05, 4.69) is 31.4 Å². The lowest BCUT2D eigenvalue weighted by atomic mass is 10.2. The van der Waals surface area contributed by atoms with E-state index in [0.29, 0.717) is 0 Å². The largest absolute Gasteiger partial charge is 0.393 e. The molecule has 0 unspecified atom stereocenters. The second-order valence-electron chi connectivity index (χ2n) is 3.86. The fraction of sp³-hybridized carbons (Fsp3) is 0.667. The van der Waals surface area contributed by atoms with Gasteiger partial charge in [0.05, 0.1) is 6.10 Å². The molecule has 0 saturated heterocycles. The summed E-state index contributed by atoms with van der Waals surface area (Å²) in [5, 5.41) is 9.15. The Bertz CT molecular complexity index is 206.